The zero-order valence-electron chi connectivity index (χ0n) is 20.5. The normalized spacial score (nSPS) is 15.0. The average Bonchev–Trinajstić information content (AvgIpc) is 2.67. The lowest BCUT2D eigenvalue weighted by Crippen LogP contribution is -2.58. The molecule has 0 saturated heterocycles. The van der Waals surface area contributed by atoms with Crippen LogP contribution in [0.1, 0.15) is 67.2 Å². The number of aliphatic carboxylic acids is 1. The minimum atomic E-state index is -1.20. The van der Waals surface area contributed by atoms with Crippen molar-refractivity contribution in [1.82, 2.24) is 16.0 Å². The third-order valence-electron chi connectivity index (χ3n) is 5.00. The molecule has 0 rings (SSSR count). The topological polar surface area (TPSA) is 194 Å². The van der Waals surface area contributed by atoms with Crippen molar-refractivity contribution >= 4 is 29.6 Å². The van der Waals surface area contributed by atoms with Crippen LogP contribution in [0.25, 0.3) is 0 Å². The van der Waals surface area contributed by atoms with E-state index in [1.165, 1.54) is 0 Å². The molecule has 0 heterocycles. The molecule has 33 heavy (non-hydrogen) atoms. The summed E-state index contributed by atoms with van der Waals surface area (Å²) in [6, 6.07) is -4.13. The van der Waals surface area contributed by atoms with E-state index in [0.717, 1.165) is 0 Å². The summed E-state index contributed by atoms with van der Waals surface area (Å²) in [7, 11) is 0. The summed E-state index contributed by atoms with van der Waals surface area (Å²) in [5.74, 6) is -3.85. The molecule has 0 fully saturated rings. The van der Waals surface area contributed by atoms with Crippen molar-refractivity contribution in [1.29, 1.82) is 0 Å². The van der Waals surface area contributed by atoms with E-state index in [9.17, 15) is 29.1 Å². The summed E-state index contributed by atoms with van der Waals surface area (Å²) in [6.45, 7) is 10.9. The molecular formula is C22H41N5O6. The maximum atomic E-state index is 13.0. The number of hydrogen-bond donors (Lipinski definition) is 6. The smallest absolute Gasteiger partial charge is 0.326 e. The maximum absolute atomic E-state index is 13.0. The number of hydrogen-bond acceptors (Lipinski definition) is 6. The Balaban J connectivity index is 5.59. The number of nitrogens with two attached hydrogens (primary N) is 2. The number of carboxylic acid groups (broad SMARTS) is 1. The van der Waals surface area contributed by atoms with Gasteiger partial charge in [-0.3, -0.25) is 19.2 Å². The van der Waals surface area contributed by atoms with Crippen molar-refractivity contribution in [3.05, 3.63) is 0 Å². The summed E-state index contributed by atoms with van der Waals surface area (Å²) in [4.78, 5) is 61.0. The first-order valence-corrected chi connectivity index (χ1v) is 11.3. The van der Waals surface area contributed by atoms with Gasteiger partial charge in [0, 0.05) is 6.42 Å². The lowest BCUT2D eigenvalue weighted by Gasteiger charge is -2.26. The third-order valence-corrected chi connectivity index (χ3v) is 5.00. The quantitative estimate of drug-likeness (QED) is 0.191. The summed E-state index contributed by atoms with van der Waals surface area (Å²) in [5.41, 5.74) is 11.1. The molecule has 0 bridgehead atoms. The van der Waals surface area contributed by atoms with Crippen LogP contribution in [-0.2, 0) is 24.0 Å². The van der Waals surface area contributed by atoms with Gasteiger partial charge in [-0.25, -0.2) is 4.79 Å². The molecule has 4 unspecified atom stereocenters. The highest BCUT2D eigenvalue weighted by Crippen LogP contribution is 2.10. The van der Waals surface area contributed by atoms with E-state index >= 15 is 0 Å². The van der Waals surface area contributed by atoms with Gasteiger partial charge in [0.25, 0.3) is 0 Å². The molecular weight excluding hydrogens is 430 g/mol. The molecule has 0 radical (unpaired) electrons. The van der Waals surface area contributed by atoms with E-state index in [2.05, 4.69) is 16.0 Å². The maximum Gasteiger partial charge on any atom is 0.326 e. The van der Waals surface area contributed by atoms with Gasteiger partial charge >= 0.3 is 5.97 Å². The Labute approximate surface area is 195 Å². The van der Waals surface area contributed by atoms with Gasteiger partial charge in [-0.1, -0.05) is 41.5 Å². The van der Waals surface area contributed by atoms with Crippen LogP contribution < -0.4 is 27.4 Å². The predicted molar refractivity (Wildman–Crippen MR) is 124 cm³/mol. The van der Waals surface area contributed by atoms with Crippen molar-refractivity contribution in [2.24, 2.45) is 29.2 Å². The van der Waals surface area contributed by atoms with Gasteiger partial charge in [0.1, 0.15) is 18.1 Å². The molecule has 0 aromatic heterocycles. The van der Waals surface area contributed by atoms with E-state index in [0.29, 0.717) is 0 Å². The fourth-order valence-corrected chi connectivity index (χ4v) is 3.07. The Morgan fingerprint density at radius 3 is 1.58 bits per heavy atom. The summed E-state index contributed by atoms with van der Waals surface area (Å²) < 4.78 is 0. The summed E-state index contributed by atoms with van der Waals surface area (Å²) in [5, 5.41) is 17.0. The molecule has 0 saturated carbocycles. The van der Waals surface area contributed by atoms with Gasteiger partial charge in [-0.05, 0) is 37.0 Å². The summed E-state index contributed by atoms with van der Waals surface area (Å²) >= 11 is 0. The molecule has 8 N–H and O–H groups in total. The van der Waals surface area contributed by atoms with E-state index in [1.807, 2.05) is 27.7 Å². The number of rotatable bonds is 15. The molecule has 0 aliphatic rings. The molecule has 4 atom stereocenters. The van der Waals surface area contributed by atoms with E-state index < -0.39 is 53.8 Å². The highest BCUT2D eigenvalue weighted by atomic mass is 16.4. The van der Waals surface area contributed by atoms with Crippen molar-refractivity contribution < 1.29 is 29.1 Å². The Kier molecular flexibility index (Phi) is 13.3. The van der Waals surface area contributed by atoms with Crippen LogP contribution in [0.2, 0.25) is 0 Å². The van der Waals surface area contributed by atoms with Gasteiger partial charge < -0.3 is 32.5 Å². The third kappa shape index (κ3) is 12.2. The van der Waals surface area contributed by atoms with Crippen LogP contribution >= 0.6 is 0 Å². The first kappa shape index (κ1) is 30.3. The Hall–Kier alpha value is -2.69. The number of nitrogens with one attached hydrogen (secondary N) is 3. The lowest BCUT2D eigenvalue weighted by atomic mass is 9.99. The second-order valence-corrected chi connectivity index (χ2v) is 9.56. The minimum absolute atomic E-state index is 0.000797. The van der Waals surface area contributed by atoms with Crippen LogP contribution in [0.4, 0.5) is 0 Å². The monoisotopic (exact) mass is 471 g/mol. The summed E-state index contributed by atoms with van der Waals surface area (Å²) in [6.07, 6.45) is 0.169. The van der Waals surface area contributed by atoms with Gasteiger partial charge in [0.15, 0.2) is 0 Å². The molecule has 0 aromatic carbocycles. The van der Waals surface area contributed by atoms with Crippen molar-refractivity contribution in [3.8, 4) is 0 Å². The highest BCUT2D eigenvalue weighted by Gasteiger charge is 2.31. The second kappa shape index (κ2) is 14.5. The van der Waals surface area contributed by atoms with E-state index in [4.69, 9.17) is 11.5 Å². The molecule has 4 amide bonds. The number of carbonyl (C=O) groups is 5. The fourth-order valence-electron chi connectivity index (χ4n) is 3.07. The van der Waals surface area contributed by atoms with E-state index in [1.54, 1.807) is 13.8 Å². The van der Waals surface area contributed by atoms with Gasteiger partial charge in [-0.15, -0.1) is 0 Å². The van der Waals surface area contributed by atoms with Crippen LogP contribution in [0, 0.1) is 17.8 Å². The fraction of sp³-hybridized carbons (Fsp3) is 0.773. The molecule has 0 spiro atoms. The Bertz CT molecular complexity index is 695. The van der Waals surface area contributed by atoms with Crippen LogP contribution in [0.5, 0.6) is 0 Å². The van der Waals surface area contributed by atoms with Crippen LogP contribution in [0.3, 0.4) is 0 Å². The molecule has 190 valence electrons. The molecule has 0 aliphatic heterocycles. The van der Waals surface area contributed by atoms with Gasteiger partial charge in [-0.2, -0.15) is 0 Å². The molecule has 0 aliphatic carbocycles. The highest BCUT2D eigenvalue weighted by molar-refractivity contribution is 5.94. The van der Waals surface area contributed by atoms with Crippen molar-refractivity contribution in [2.45, 2.75) is 91.4 Å². The Morgan fingerprint density at radius 1 is 0.727 bits per heavy atom. The Morgan fingerprint density at radius 2 is 1.15 bits per heavy atom. The van der Waals surface area contributed by atoms with Crippen LogP contribution in [-0.4, -0.2) is 58.9 Å². The molecule has 0 aromatic rings. The number of primary amides is 1. The average molecular weight is 472 g/mol. The number of carboxylic acids is 1. The number of amides is 4. The minimum Gasteiger partial charge on any atom is -0.480 e. The SMILES string of the molecule is CC(C)CC(NC(=O)C(CCC(N)=O)NC(=O)C(CC(C)C)NC(=O)C(N)C(C)C)C(=O)O. The van der Waals surface area contributed by atoms with Crippen LogP contribution in [0.15, 0.2) is 0 Å². The van der Waals surface area contributed by atoms with Crippen molar-refractivity contribution in [2.75, 3.05) is 0 Å². The standard InChI is InChI=1S/C22H41N5O6/c1-11(2)9-15(26-21(31)18(24)13(5)6)20(30)25-14(7-8-17(23)28)19(29)27-16(22(32)33)10-12(3)4/h11-16,18H,7-10,24H2,1-6H3,(H2,23,28)(H,25,30)(H,26,31)(H,27,29)(H,32,33). The van der Waals surface area contributed by atoms with Crippen molar-refractivity contribution in [3.63, 3.8) is 0 Å². The zero-order valence-corrected chi connectivity index (χ0v) is 20.5. The molecule has 11 heteroatoms. The second-order valence-electron chi connectivity index (χ2n) is 9.56. The number of carbonyl (C=O) groups excluding carboxylic acids is 4. The predicted octanol–water partition coefficient (Wildman–Crippen LogP) is -0.134. The van der Waals surface area contributed by atoms with Gasteiger partial charge in [0.2, 0.25) is 23.6 Å². The zero-order chi connectivity index (χ0) is 25.9. The van der Waals surface area contributed by atoms with Gasteiger partial charge in [0.05, 0.1) is 6.04 Å². The first-order chi connectivity index (χ1) is 15.1. The molecule has 11 nitrogen and oxygen atoms in total. The van der Waals surface area contributed by atoms with E-state index in [-0.39, 0.29) is 43.4 Å². The largest absolute Gasteiger partial charge is 0.480 e. The first-order valence-electron chi connectivity index (χ1n) is 11.3. The lowest BCUT2D eigenvalue weighted by molar-refractivity contribution is -0.143.